The molecule has 0 bridgehead atoms. The first-order valence-corrected chi connectivity index (χ1v) is 1.63. The molecule has 0 unspecified atom stereocenters. The molecule has 0 saturated heterocycles. The van der Waals surface area contributed by atoms with Crippen LogP contribution in [0.1, 0.15) is 0 Å². The monoisotopic (exact) mass is 98.0 g/mol. The Bertz CT molecular complexity index is 8.00. The van der Waals surface area contributed by atoms with Gasteiger partial charge in [0.05, 0.1) is 0 Å². The Labute approximate surface area is 35.3 Å². The van der Waals surface area contributed by atoms with Crippen molar-refractivity contribution < 1.29 is 4.43 Å². The summed E-state index contributed by atoms with van der Waals surface area (Å²) in [4.78, 5) is 0. The van der Waals surface area contributed by atoms with Crippen LogP contribution in [0.2, 0.25) is 0 Å². The second-order valence-corrected chi connectivity index (χ2v) is 1.22. The average Bonchev–Trinajstić information content (AvgIpc) is 0.918. The summed E-state index contributed by atoms with van der Waals surface area (Å²) >= 11 is 0. The Kier molecular flexibility index (Phi) is 21.6. The molecule has 0 aromatic rings. The van der Waals surface area contributed by atoms with Crippen molar-refractivity contribution in [1.29, 1.82) is 0 Å². The molecule has 0 aromatic carbocycles. The SMILES string of the molecule is CO[SiH3].Cl. The highest BCUT2D eigenvalue weighted by atomic mass is 35.5. The fourth-order valence-corrected chi connectivity index (χ4v) is 0. The van der Waals surface area contributed by atoms with Gasteiger partial charge in [-0.15, -0.1) is 12.4 Å². The number of rotatable bonds is 0. The molecule has 0 amide bonds. The largest absolute Gasteiger partial charge is 0.431 e. The van der Waals surface area contributed by atoms with Gasteiger partial charge in [0.1, 0.15) is 10.5 Å². The molecule has 0 fully saturated rings. The van der Waals surface area contributed by atoms with Gasteiger partial charge >= 0.3 is 0 Å². The number of hydrogen-bond acceptors (Lipinski definition) is 1. The van der Waals surface area contributed by atoms with Crippen LogP contribution >= 0.6 is 12.4 Å². The van der Waals surface area contributed by atoms with E-state index in [1.165, 1.54) is 0 Å². The molecule has 28 valence electrons. The summed E-state index contributed by atoms with van der Waals surface area (Å²) in [6, 6.07) is 0. The van der Waals surface area contributed by atoms with Crippen molar-refractivity contribution >= 4 is 22.9 Å². The normalized spacial score (nSPS) is 5.25. The molecule has 3 heteroatoms. The first-order valence-electron chi connectivity index (χ1n) is 0.816. The lowest BCUT2D eigenvalue weighted by Gasteiger charge is -1.61. The molecule has 0 aliphatic heterocycles. The Hall–Kier alpha value is 0.467. The van der Waals surface area contributed by atoms with Gasteiger partial charge in [0.15, 0.2) is 0 Å². The van der Waals surface area contributed by atoms with E-state index in [1.807, 2.05) is 0 Å². The zero-order chi connectivity index (χ0) is 2.71. The van der Waals surface area contributed by atoms with Crippen molar-refractivity contribution in [2.75, 3.05) is 7.11 Å². The van der Waals surface area contributed by atoms with Crippen LogP contribution in [0.15, 0.2) is 0 Å². The third kappa shape index (κ3) is 24.4. The molecule has 1 nitrogen and oxygen atoms in total. The van der Waals surface area contributed by atoms with Crippen molar-refractivity contribution in [1.82, 2.24) is 0 Å². The van der Waals surface area contributed by atoms with E-state index in [4.69, 9.17) is 0 Å². The van der Waals surface area contributed by atoms with Crippen LogP contribution in [0.4, 0.5) is 0 Å². The molecule has 0 atom stereocenters. The van der Waals surface area contributed by atoms with E-state index < -0.39 is 0 Å². The minimum atomic E-state index is 0. The lowest BCUT2D eigenvalue weighted by molar-refractivity contribution is 0.460. The fourth-order valence-electron chi connectivity index (χ4n) is 0. The van der Waals surface area contributed by atoms with Crippen LogP contribution in [0.25, 0.3) is 0 Å². The summed E-state index contributed by atoms with van der Waals surface area (Å²) in [5, 5.41) is 0. The van der Waals surface area contributed by atoms with Gasteiger partial charge in [-0.1, -0.05) is 0 Å². The molecule has 0 aliphatic rings. The topological polar surface area (TPSA) is 9.23 Å². The second kappa shape index (κ2) is 9.80. The zero-order valence-electron chi connectivity index (χ0n) is 2.82. The first-order chi connectivity index (χ1) is 1.41. The van der Waals surface area contributed by atoms with Gasteiger partial charge in [0.2, 0.25) is 0 Å². The lowest BCUT2D eigenvalue weighted by Crippen LogP contribution is -1.60. The molecule has 0 N–H and O–H groups in total. The smallest absolute Gasteiger partial charge is 0.145 e. The quantitative estimate of drug-likeness (QED) is 0.366. The van der Waals surface area contributed by atoms with E-state index in [9.17, 15) is 0 Å². The van der Waals surface area contributed by atoms with Crippen molar-refractivity contribution in [3.05, 3.63) is 0 Å². The van der Waals surface area contributed by atoms with Gasteiger partial charge in [-0.2, -0.15) is 0 Å². The third-order valence-electron chi connectivity index (χ3n) is 0. The predicted molar refractivity (Wildman–Crippen MR) is 24.2 cm³/mol. The Morgan fingerprint density at radius 1 is 1.75 bits per heavy atom. The van der Waals surface area contributed by atoms with Crippen molar-refractivity contribution in [3.63, 3.8) is 0 Å². The van der Waals surface area contributed by atoms with E-state index >= 15 is 0 Å². The van der Waals surface area contributed by atoms with Crippen LogP contribution in [0.3, 0.4) is 0 Å². The molecule has 0 heterocycles. The minimum absolute atomic E-state index is 0. The van der Waals surface area contributed by atoms with Crippen LogP contribution in [-0.2, 0) is 4.43 Å². The Morgan fingerprint density at radius 3 is 1.75 bits per heavy atom. The maximum absolute atomic E-state index is 4.39. The molecular weight excluding hydrogens is 91.5 g/mol. The number of hydrogen-bond donors (Lipinski definition) is 0. The van der Waals surface area contributed by atoms with Crippen LogP contribution < -0.4 is 0 Å². The van der Waals surface area contributed by atoms with E-state index in [0.717, 1.165) is 10.5 Å². The van der Waals surface area contributed by atoms with E-state index in [2.05, 4.69) is 4.43 Å². The van der Waals surface area contributed by atoms with Crippen LogP contribution in [0, 0.1) is 0 Å². The van der Waals surface area contributed by atoms with Gasteiger partial charge in [-0.25, -0.2) is 0 Å². The summed E-state index contributed by atoms with van der Waals surface area (Å²) in [7, 11) is 2.56. The summed E-state index contributed by atoms with van der Waals surface area (Å²) in [5.41, 5.74) is 0. The third-order valence-corrected chi connectivity index (χ3v) is 0. The summed E-state index contributed by atoms with van der Waals surface area (Å²) in [6.07, 6.45) is 0. The van der Waals surface area contributed by atoms with Gasteiger partial charge in [-0.3, -0.25) is 0 Å². The minimum Gasteiger partial charge on any atom is -0.431 e. The van der Waals surface area contributed by atoms with E-state index in [-0.39, 0.29) is 12.4 Å². The van der Waals surface area contributed by atoms with Crippen molar-refractivity contribution in [2.45, 2.75) is 0 Å². The second-order valence-electron chi connectivity index (χ2n) is 0.408. The first kappa shape index (κ1) is 8.82. The highest BCUT2D eigenvalue weighted by Gasteiger charge is 1.27. The van der Waals surface area contributed by atoms with Crippen LogP contribution in [-0.4, -0.2) is 17.6 Å². The molecule has 0 spiro atoms. The molecule has 0 radical (unpaired) electrons. The Balaban J connectivity index is 0. The lowest BCUT2D eigenvalue weighted by atomic mass is 11.8. The predicted octanol–water partition coefficient (Wildman–Crippen LogP) is -0.665. The average molecular weight is 98.6 g/mol. The maximum Gasteiger partial charge on any atom is 0.145 e. The molecule has 0 aliphatic carbocycles. The van der Waals surface area contributed by atoms with Gasteiger partial charge < -0.3 is 4.43 Å². The molecule has 4 heavy (non-hydrogen) atoms. The summed E-state index contributed by atoms with van der Waals surface area (Å²) < 4.78 is 4.39. The van der Waals surface area contributed by atoms with E-state index in [0.29, 0.717) is 0 Å². The molecule has 0 saturated carbocycles. The highest BCUT2D eigenvalue weighted by Crippen LogP contribution is 1.24. The maximum atomic E-state index is 4.39. The van der Waals surface area contributed by atoms with Crippen molar-refractivity contribution in [3.8, 4) is 0 Å². The highest BCUT2D eigenvalue weighted by molar-refractivity contribution is 5.97. The molecule has 0 aromatic heterocycles. The molecule has 0 rings (SSSR count). The zero-order valence-corrected chi connectivity index (χ0v) is 5.63. The van der Waals surface area contributed by atoms with Gasteiger partial charge in [0, 0.05) is 7.11 Å². The van der Waals surface area contributed by atoms with Crippen LogP contribution in [0.5, 0.6) is 0 Å². The van der Waals surface area contributed by atoms with Crippen molar-refractivity contribution in [2.24, 2.45) is 0 Å². The summed E-state index contributed by atoms with van der Waals surface area (Å²) in [6.45, 7) is 0. The van der Waals surface area contributed by atoms with E-state index in [1.54, 1.807) is 7.11 Å². The van der Waals surface area contributed by atoms with Gasteiger partial charge in [0.25, 0.3) is 0 Å². The summed E-state index contributed by atoms with van der Waals surface area (Å²) in [5.74, 6) is 0. The fraction of sp³-hybridized carbons (Fsp3) is 1.00. The Morgan fingerprint density at radius 2 is 1.75 bits per heavy atom. The molecular formula is CH7ClOSi. The standard InChI is InChI=1S/CH6OSi.ClH/c1-2-3;/h1,3H3;1H. The van der Waals surface area contributed by atoms with Gasteiger partial charge in [-0.05, 0) is 0 Å². The number of halogens is 1.